The average molecular weight is 337 g/mol. The Bertz CT molecular complexity index is 1070. The molecule has 0 saturated heterocycles. The van der Waals surface area contributed by atoms with E-state index in [0.29, 0.717) is 0 Å². The number of fused-ring (bicyclic) bond motifs is 1. The summed E-state index contributed by atoms with van der Waals surface area (Å²) in [5.41, 5.74) is 6.23. The quantitative estimate of drug-likeness (QED) is 0.384. The van der Waals surface area contributed by atoms with Gasteiger partial charge in [0.15, 0.2) is 11.5 Å². The summed E-state index contributed by atoms with van der Waals surface area (Å²) in [6.45, 7) is 0. The van der Waals surface area contributed by atoms with Gasteiger partial charge in [0.2, 0.25) is 0 Å². The number of hydrogen-bond donors (Lipinski definition) is 0. The van der Waals surface area contributed by atoms with Crippen molar-refractivity contribution in [2.75, 3.05) is 0 Å². The van der Waals surface area contributed by atoms with Crippen LogP contribution < -0.4 is 0 Å². The number of aromatic nitrogens is 1. The van der Waals surface area contributed by atoms with Gasteiger partial charge in [0.05, 0.1) is 12.5 Å². The lowest BCUT2D eigenvalue weighted by Crippen LogP contribution is -1.89. The molecule has 3 aromatic rings. The molecule has 2 aliphatic rings. The van der Waals surface area contributed by atoms with E-state index >= 15 is 0 Å². The zero-order chi connectivity index (χ0) is 17.3. The molecule has 0 unspecified atom stereocenters. The number of hydrogen-bond acceptors (Lipinski definition) is 3. The summed E-state index contributed by atoms with van der Waals surface area (Å²) in [7, 11) is 0. The zero-order valence-electron chi connectivity index (χ0n) is 13.9. The van der Waals surface area contributed by atoms with E-state index in [1.54, 1.807) is 12.5 Å². The molecule has 0 fully saturated rings. The van der Waals surface area contributed by atoms with Crippen molar-refractivity contribution in [3.63, 3.8) is 0 Å². The van der Waals surface area contributed by atoms with E-state index in [9.17, 15) is 0 Å². The fourth-order valence-electron chi connectivity index (χ4n) is 3.25. The monoisotopic (exact) mass is 337 g/mol. The Balaban J connectivity index is 1.74. The van der Waals surface area contributed by atoms with E-state index in [0.717, 1.165) is 28.5 Å². The molecule has 3 heteroatoms. The lowest BCUT2D eigenvalue weighted by atomic mass is 10.0. The van der Waals surface area contributed by atoms with Gasteiger partial charge in [-0.1, -0.05) is 42.5 Å². The maximum absolute atomic E-state index is 5.57. The highest BCUT2D eigenvalue weighted by Gasteiger charge is 2.15. The highest BCUT2D eigenvalue weighted by Crippen LogP contribution is 2.38. The van der Waals surface area contributed by atoms with Crippen LogP contribution in [0.4, 0.5) is 0 Å². The Labute approximate surface area is 150 Å². The summed E-state index contributed by atoms with van der Waals surface area (Å²) in [5, 5.41) is 0. The molecule has 0 aliphatic heterocycles. The van der Waals surface area contributed by atoms with Gasteiger partial charge in [-0.15, -0.1) is 0 Å². The summed E-state index contributed by atoms with van der Waals surface area (Å²) in [5.74, 6) is 1.47. The second kappa shape index (κ2) is 6.05. The van der Waals surface area contributed by atoms with E-state index in [2.05, 4.69) is 48.5 Å². The summed E-state index contributed by atoms with van der Waals surface area (Å²) in [6.07, 6.45) is 3.32. The third kappa shape index (κ3) is 2.50. The number of nitrogens with zero attached hydrogens (tertiary/aromatic N) is 1. The first-order valence-corrected chi connectivity index (χ1v) is 8.46. The Kier molecular flexibility index (Phi) is 3.42. The summed E-state index contributed by atoms with van der Waals surface area (Å²) >= 11 is 0. The molecule has 0 bridgehead atoms. The average Bonchev–Trinajstić information content (AvgIpc) is 3.42. The Hall–Kier alpha value is -3.59. The maximum atomic E-state index is 5.57. The van der Waals surface area contributed by atoms with Crippen molar-refractivity contribution in [3.05, 3.63) is 91.4 Å². The first-order valence-electron chi connectivity index (χ1n) is 8.46. The van der Waals surface area contributed by atoms with E-state index in [-0.39, 0.29) is 0 Å². The fraction of sp³-hybridized carbons (Fsp3) is 0. The lowest BCUT2D eigenvalue weighted by Gasteiger charge is -2.08. The summed E-state index contributed by atoms with van der Waals surface area (Å²) < 4.78 is 11.1. The van der Waals surface area contributed by atoms with Gasteiger partial charge in [0.1, 0.15) is 11.4 Å². The van der Waals surface area contributed by atoms with Gasteiger partial charge < -0.3 is 8.83 Å². The third-order valence-electron chi connectivity index (χ3n) is 4.48. The molecule has 0 radical (unpaired) electrons. The van der Waals surface area contributed by atoms with Crippen LogP contribution in [0.15, 0.2) is 100 Å². The Morgan fingerprint density at radius 3 is 1.85 bits per heavy atom. The molecule has 3 nitrogen and oxygen atoms in total. The normalized spacial score (nSPS) is 11.1. The smallest absolute Gasteiger partial charge is 0.152 e. The van der Waals surface area contributed by atoms with Gasteiger partial charge in [0.25, 0.3) is 0 Å². The second-order valence-corrected chi connectivity index (χ2v) is 6.11. The standard InChI is InChI=1S/C23H15NO2/c1-2-6-16-10-11-19(18(16)7-3-1)17-14-20(22-8-4-12-25-22)24-21(15-17)23-9-5-13-26-23/h1-15H. The van der Waals surface area contributed by atoms with Crippen molar-refractivity contribution in [2.45, 2.75) is 0 Å². The molecule has 0 amide bonds. The zero-order valence-corrected chi connectivity index (χ0v) is 13.9. The van der Waals surface area contributed by atoms with Gasteiger partial charge in [-0.3, -0.25) is 0 Å². The molecule has 0 spiro atoms. The molecule has 5 rings (SSSR count). The molecule has 3 heterocycles. The van der Waals surface area contributed by atoms with Crippen LogP contribution in [0, 0.1) is 0 Å². The van der Waals surface area contributed by atoms with E-state index < -0.39 is 0 Å². The molecule has 124 valence electrons. The molecule has 0 N–H and O–H groups in total. The van der Waals surface area contributed by atoms with Crippen LogP contribution in [0.25, 0.3) is 45.2 Å². The number of furan rings is 2. The van der Waals surface area contributed by atoms with Crippen molar-refractivity contribution < 1.29 is 8.83 Å². The van der Waals surface area contributed by atoms with Gasteiger partial charge in [-0.2, -0.15) is 0 Å². The van der Waals surface area contributed by atoms with Crippen LogP contribution in [0.5, 0.6) is 0 Å². The highest BCUT2D eigenvalue weighted by atomic mass is 16.3. The van der Waals surface area contributed by atoms with Gasteiger partial charge in [0, 0.05) is 0 Å². The van der Waals surface area contributed by atoms with Gasteiger partial charge >= 0.3 is 0 Å². The number of rotatable bonds is 3. The van der Waals surface area contributed by atoms with E-state index in [4.69, 9.17) is 13.8 Å². The van der Waals surface area contributed by atoms with Crippen LogP contribution in [0.3, 0.4) is 0 Å². The SMILES string of the molecule is c1ccc2ccc(-c3cc(-c4ccco4)nc(-c4ccco4)c3)c-2cc1. The van der Waals surface area contributed by atoms with E-state index in [1.165, 1.54) is 16.7 Å². The lowest BCUT2D eigenvalue weighted by molar-refractivity contribution is 0.576. The van der Waals surface area contributed by atoms with Crippen LogP contribution in [0.2, 0.25) is 0 Å². The fourth-order valence-corrected chi connectivity index (χ4v) is 3.25. The largest absolute Gasteiger partial charge is 0.463 e. The van der Waals surface area contributed by atoms with Crippen molar-refractivity contribution in [1.82, 2.24) is 4.98 Å². The Morgan fingerprint density at radius 1 is 0.538 bits per heavy atom. The molecule has 2 aliphatic carbocycles. The minimum atomic E-state index is 0.737. The summed E-state index contributed by atoms with van der Waals surface area (Å²) in [6, 6.07) is 26.4. The first kappa shape index (κ1) is 14.7. The van der Waals surface area contributed by atoms with Crippen molar-refractivity contribution in [2.24, 2.45) is 0 Å². The topological polar surface area (TPSA) is 39.2 Å². The predicted octanol–water partition coefficient (Wildman–Crippen LogP) is 6.37. The predicted molar refractivity (Wildman–Crippen MR) is 102 cm³/mol. The van der Waals surface area contributed by atoms with Crippen LogP contribution in [-0.2, 0) is 0 Å². The van der Waals surface area contributed by atoms with Crippen molar-refractivity contribution >= 4 is 0 Å². The maximum Gasteiger partial charge on any atom is 0.152 e. The molecular formula is C23H15NO2. The third-order valence-corrected chi connectivity index (χ3v) is 4.48. The number of pyridine rings is 1. The van der Waals surface area contributed by atoms with Crippen molar-refractivity contribution in [3.8, 4) is 45.2 Å². The molecule has 0 aromatic carbocycles. The van der Waals surface area contributed by atoms with Gasteiger partial charge in [-0.25, -0.2) is 4.98 Å². The van der Waals surface area contributed by atoms with Crippen LogP contribution >= 0.6 is 0 Å². The molecular weight excluding hydrogens is 322 g/mol. The highest BCUT2D eigenvalue weighted by molar-refractivity contribution is 5.88. The Morgan fingerprint density at radius 2 is 1.19 bits per heavy atom. The second-order valence-electron chi connectivity index (χ2n) is 6.11. The minimum Gasteiger partial charge on any atom is -0.463 e. The molecule has 0 saturated carbocycles. The molecule has 0 atom stereocenters. The van der Waals surface area contributed by atoms with Gasteiger partial charge in [-0.05, 0) is 58.7 Å². The minimum absolute atomic E-state index is 0.737. The van der Waals surface area contributed by atoms with Crippen LogP contribution in [-0.4, -0.2) is 4.98 Å². The van der Waals surface area contributed by atoms with E-state index in [1.807, 2.05) is 30.3 Å². The van der Waals surface area contributed by atoms with Crippen LogP contribution in [0.1, 0.15) is 0 Å². The first-order chi connectivity index (χ1) is 12.9. The van der Waals surface area contributed by atoms with Crippen molar-refractivity contribution in [1.29, 1.82) is 0 Å². The molecule has 26 heavy (non-hydrogen) atoms. The summed E-state index contributed by atoms with van der Waals surface area (Å²) in [4.78, 5) is 4.73. The molecule has 3 aromatic heterocycles.